The number of aromatic nitrogens is 1. The van der Waals surface area contributed by atoms with Crippen LogP contribution in [-0.2, 0) is 17.6 Å². The van der Waals surface area contributed by atoms with E-state index in [-0.39, 0.29) is 18.0 Å². The molecule has 0 amide bonds. The number of aryl methyl sites for hydroxylation is 2. The number of ketones is 1. The molecule has 0 bridgehead atoms. The topological polar surface area (TPSA) is 87.9 Å². The van der Waals surface area contributed by atoms with Gasteiger partial charge in [0.05, 0.1) is 19.1 Å². The summed E-state index contributed by atoms with van der Waals surface area (Å²) in [6.45, 7) is 2.09. The van der Waals surface area contributed by atoms with Gasteiger partial charge in [0.25, 0.3) is 5.88 Å². The molecule has 0 aliphatic carbocycles. The van der Waals surface area contributed by atoms with Crippen molar-refractivity contribution in [3.05, 3.63) is 76.7 Å². The van der Waals surface area contributed by atoms with Crippen LogP contribution < -0.4 is 14.2 Å². The van der Waals surface area contributed by atoms with Crippen molar-refractivity contribution in [1.29, 1.82) is 0 Å². The van der Waals surface area contributed by atoms with Crippen LogP contribution in [0.1, 0.15) is 40.6 Å². The second-order valence-corrected chi connectivity index (χ2v) is 7.00. The zero-order valence-electron chi connectivity index (χ0n) is 17.2. The molecule has 31 heavy (non-hydrogen) atoms. The second-order valence-electron chi connectivity index (χ2n) is 7.00. The van der Waals surface area contributed by atoms with Gasteiger partial charge in [-0.2, -0.15) is 0 Å². The number of rotatable bonds is 7. The summed E-state index contributed by atoms with van der Waals surface area (Å²) < 4.78 is 21.1. The minimum atomic E-state index is -0.439. The van der Waals surface area contributed by atoms with Gasteiger partial charge in [0, 0.05) is 18.6 Å². The lowest BCUT2D eigenvalue weighted by atomic mass is 10.1. The maximum Gasteiger partial charge on any atom is 0.311 e. The van der Waals surface area contributed by atoms with Crippen molar-refractivity contribution < 1.29 is 28.3 Å². The van der Waals surface area contributed by atoms with E-state index >= 15 is 0 Å². The van der Waals surface area contributed by atoms with Gasteiger partial charge in [0.15, 0.2) is 5.76 Å². The summed E-state index contributed by atoms with van der Waals surface area (Å²) in [7, 11) is 1.49. The predicted octanol–water partition coefficient (Wildman–Crippen LogP) is 4.40. The Labute approximate surface area is 179 Å². The Hall–Kier alpha value is -3.87. The zero-order chi connectivity index (χ0) is 21.8. The second kappa shape index (κ2) is 8.87. The van der Waals surface area contributed by atoms with Gasteiger partial charge in [-0.3, -0.25) is 9.59 Å². The van der Waals surface area contributed by atoms with Crippen LogP contribution in [0.5, 0.6) is 17.4 Å². The van der Waals surface area contributed by atoms with Crippen LogP contribution in [-0.4, -0.2) is 24.0 Å². The summed E-state index contributed by atoms with van der Waals surface area (Å²) in [4.78, 5) is 24.8. The lowest BCUT2D eigenvalue weighted by molar-refractivity contribution is -0.134. The summed E-state index contributed by atoms with van der Waals surface area (Å²) in [6, 6.07) is 14.3. The molecule has 1 aliphatic heterocycles. The number of nitrogens with zero attached hydrogens (tertiary/aromatic N) is 1. The fourth-order valence-corrected chi connectivity index (χ4v) is 3.15. The molecule has 2 aromatic carbocycles. The number of fused-ring (bicyclic) bond motifs is 1. The third kappa shape index (κ3) is 4.66. The van der Waals surface area contributed by atoms with Gasteiger partial charge in [0.2, 0.25) is 5.78 Å². The average Bonchev–Trinajstić information content (AvgIpc) is 3.37. The molecule has 0 saturated heterocycles. The largest absolute Gasteiger partial charge is 0.479 e. The Bertz CT molecular complexity index is 1140. The van der Waals surface area contributed by atoms with Gasteiger partial charge >= 0.3 is 5.97 Å². The van der Waals surface area contributed by atoms with E-state index < -0.39 is 5.97 Å². The normalized spacial score (nSPS) is 13.7. The smallest absolute Gasteiger partial charge is 0.311 e. The third-order valence-corrected chi connectivity index (χ3v) is 4.88. The highest BCUT2D eigenvalue weighted by Gasteiger charge is 2.28. The van der Waals surface area contributed by atoms with E-state index in [1.165, 1.54) is 12.7 Å². The first-order valence-corrected chi connectivity index (χ1v) is 9.93. The molecule has 7 nitrogen and oxygen atoms in total. The Morgan fingerprint density at radius 2 is 1.94 bits per heavy atom. The SMILES string of the molecule is CCc1ccc(/C=C2\Oc3cc(OC(=O)CCc4cc(OC)no4)ccc3C2=O)cc1. The van der Waals surface area contributed by atoms with Crippen molar-refractivity contribution >= 4 is 17.8 Å². The number of carbonyl (C=O) groups is 2. The van der Waals surface area contributed by atoms with Gasteiger partial charge in [-0.25, -0.2) is 0 Å². The maximum atomic E-state index is 12.6. The molecule has 0 saturated carbocycles. The summed E-state index contributed by atoms with van der Waals surface area (Å²) in [5, 5.41) is 3.69. The molecule has 4 rings (SSSR count). The van der Waals surface area contributed by atoms with Crippen LogP contribution in [0.25, 0.3) is 6.08 Å². The molecule has 0 N–H and O–H groups in total. The average molecular weight is 419 g/mol. The van der Waals surface area contributed by atoms with Crippen molar-refractivity contribution in [2.24, 2.45) is 0 Å². The first kappa shape index (κ1) is 20.4. The van der Waals surface area contributed by atoms with Crippen LogP contribution in [0.4, 0.5) is 0 Å². The first-order valence-electron chi connectivity index (χ1n) is 9.93. The molecule has 0 fully saturated rings. The van der Waals surface area contributed by atoms with E-state index in [4.69, 9.17) is 18.7 Å². The molecular weight excluding hydrogens is 398 g/mol. The number of benzene rings is 2. The summed E-state index contributed by atoms with van der Waals surface area (Å²) >= 11 is 0. The van der Waals surface area contributed by atoms with Crippen LogP contribution in [0.15, 0.2) is 58.8 Å². The molecule has 0 spiro atoms. The number of allylic oxidation sites excluding steroid dienone is 1. The number of ether oxygens (including phenoxy) is 3. The van der Waals surface area contributed by atoms with Crippen LogP contribution >= 0.6 is 0 Å². The molecule has 2 heterocycles. The number of carbonyl (C=O) groups excluding carboxylic acids is 2. The Morgan fingerprint density at radius 3 is 2.65 bits per heavy atom. The zero-order valence-corrected chi connectivity index (χ0v) is 17.2. The Kier molecular flexibility index (Phi) is 5.84. The summed E-state index contributed by atoms with van der Waals surface area (Å²) in [6.07, 6.45) is 3.10. The van der Waals surface area contributed by atoms with Gasteiger partial charge in [-0.1, -0.05) is 31.2 Å². The first-order chi connectivity index (χ1) is 15.1. The Morgan fingerprint density at radius 1 is 1.13 bits per heavy atom. The van der Waals surface area contributed by atoms with E-state index in [0.29, 0.717) is 35.1 Å². The summed E-state index contributed by atoms with van der Waals surface area (Å²) in [5.41, 5.74) is 2.53. The quantitative estimate of drug-likeness (QED) is 0.319. The van der Waals surface area contributed by atoms with Gasteiger partial charge in [-0.15, -0.1) is 0 Å². The van der Waals surface area contributed by atoms with E-state index in [1.54, 1.807) is 30.3 Å². The molecular formula is C24H21NO6. The number of hydrogen-bond donors (Lipinski definition) is 0. The number of esters is 1. The van der Waals surface area contributed by atoms with Gasteiger partial charge in [-0.05, 0) is 40.9 Å². The maximum absolute atomic E-state index is 12.6. The number of Topliss-reactive ketones (excluding diaryl/α,β-unsaturated/α-hetero) is 1. The fourth-order valence-electron chi connectivity index (χ4n) is 3.15. The van der Waals surface area contributed by atoms with Crippen LogP contribution in [0, 0.1) is 0 Å². The van der Waals surface area contributed by atoms with Crippen LogP contribution in [0.2, 0.25) is 0 Å². The van der Waals surface area contributed by atoms with Crippen molar-refractivity contribution in [3.63, 3.8) is 0 Å². The monoisotopic (exact) mass is 419 g/mol. The molecule has 3 aromatic rings. The molecule has 1 aliphatic rings. The molecule has 158 valence electrons. The number of methoxy groups -OCH3 is 1. The standard InChI is InChI=1S/C24H21NO6/c1-3-15-4-6-16(7-5-15)12-21-24(27)19-10-8-17(13-20(19)30-21)29-23(26)11-9-18-14-22(28-2)25-31-18/h4-8,10,12-14H,3,9,11H2,1-2H3/b21-12-. The minimum Gasteiger partial charge on any atom is -0.479 e. The molecule has 0 atom stereocenters. The van der Waals surface area contributed by atoms with Crippen molar-refractivity contribution in [1.82, 2.24) is 5.16 Å². The van der Waals surface area contributed by atoms with Crippen LogP contribution in [0.3, 0.4) is 0 Å². The predicted molar refractivity (Wildman–Crippen MR) is 112 cm³/mol. The lowest BCUT2D eigenvalue weighted by Gasteiger charge is -2.05. The Balaban J connectivity index is 1.40. The van der Waals surface area contributed by atoms with E-state index in [2.05, 4.69) is 12.1 Å². The van der Waals surface area contributed by atoms with E-state index in [1.807, 2.05) is 24.3 Å². The third-order valence-electron chi connectivity index (χ3n) is 4.88. The molecule has 7 heteroatoms. The highest BCUT2D eigenvalue weighted by molar-refractivity contribution is 6.14. The lowest BCUT2D eigenvalue weighted by Crippen LogP contribution is -2.08. The van der Waals surface area contributed by atoms with E-state index in [9.17, 15) is 9.59 Å². The van der Waals surface area contributed by atoms with Gasteiger partial charge < -0.3 is 18.7 Å². The number of hydrogen-bond acceptors (Lipinski definition) is 7. The summed E-state index contributed by atoms with van der Waals surface area (Å²) in [5.74, 6) is 1.15. The van der Waals surface area contributed by atoms with Crippen molar-refractivity contribution in [3.8, 4) is 17.4 Å². The van der Waals surface area contributed by atoms with Crippen molar-refractivity contribution in [2.45, 2.75) is 26.2 Å². The van der Waals surface area contributed by atoms with Crippen molar-refractivity contribution in [2.75, 3.05) is 7.11 Å². The fraction of sp³-hybridized carbons (Fsp3) is 0.208. The molecule has 1 aromatic heterocycles. The molecule has 0 unspecified atom stereocenters. The minimum absolute atomic E-state index is 0.105. The highest BCUT2D eigenvalue weighted by Crippen LogP contribution is 2.35. The van der Waals surface area contributed by atoms with Gasteiger partial charge in [0.1, 0.15) is 17.3 Å². The molecule has 0 radical (unpaired) electrons. The highest BCUT2D eigenvalue weighted by atomic mass is 16.5. The van der Waals surface area contributed by atoms with E-state index in [0.717, 1.165) is 12.0 Å².